The number of rotatable bonds is 6. The highest BCUT2D eigenvalue weighted by molar-refractivity contribution is 6.32. The van der Waals surface area contributed by atoms with Gasteiger partial charge in [-0.3, -0.25) is 4.79 Å². The van der Waals surface area contributed by atoms with E-state index in [2.05, 4.69) is 10.5 Å². The molecule has 1 rings (SSSR count). The van der Waals surface area contributed by atoms with Gasteiger partial charge in [-0.1, -0.05) is 6.07 Å². The molecule has 1 amide bonds. The first kappa shape index (κ1) is 15.8. The van der Waals surface area contributed by atoms with E-state index >= 15 is 0 Å². The van der Waals surface area contributed by atoms with Crippen molar-refractivity contribution in [1.29, 1.82) is 0 Å². The van der Waals surface area contributed by atoms with Gasteiger partial charge in [0, 0.05) is 26.3 Å². The molecule has 2 N–H and O–H groups in total. The Hall–Kier alpha value is -2.28. The van der Waals surface area contributed by atoms with E-state index in [-0.39, 0.29) is 5.91 Å². The van der Waals surface area contributed by atoms with Crippen LogP contribution in [0.4, 0.5) is 5.69 Å². The van der Waals surface area contributed by atoms with Gasteiger partial charge in [-0.15, -0.1) is 0 Å². The number of benzene rings is 1. The summed E-state index contributed by atoms with van der Waals surface area (Å²) in [6.07, 6.45) is 2.16. The smallest absolute Gasteiger partial charge is 0.422 e. The maximum absolute atomic E-state index is 11.6. The lowest BCUT2D eigenvalue weighted by Gasteiger charge is -2.10. The van der Waals surface area contributed by atoms with Crippen LogP contribution >= 0.6 is 0 Å². The molecule has 0 heterocycles. The first-order valence-electron chi connectivity index (χ1n) is 5.90. The number of ether oxygens (including phenoxy) is 1. The summed E-state index contributed by atoms with van der Waals surface area (Å²) in [4.78, 5) is 22.6. The highest BCUT2D eigenvalue weighted by atomic mass is 16.5. The summed E-state index contributed by atoms with van der Waals surface area (Å²) < 4.78 is 9.96. The number of aryl methyl sites for hydroxylation is 1. The third kappa shape index (κ3) is 5.15. The van der Waals surface area contributed by atoms with Gasteiger partial charge in [0.25, 0.3) is 0 Å². The lowest BCUT2D eigenvalue weighted by atomic mass is 10.1. The van der Waals surface area contributed by atoms with E-state index in [0.717, 1.165) is 17.7 Å². The number of nitrogens with one attached hydrogen (secondary N) is 2. The zero-order valence-electron chi connectivity index (χ0n) is 11.6. The molecule has 6 nitrogen and oxygen atoms in total. The summed E-state index contributed by atoms with van der Waals surface area (Å²) in [5.74, 6) is -0.665. The average Bonchev–Trinajstić information content (AvgIpc) is 2.44. The SMILES string of the molecule is CNC(=O)/C=C/C(=O)Oc1cc(C)ccc1N[B]OC. The van der Waals surface area contributed by atoms with Gasteiger partial charge in [0.1, 0.15) is 0 Å². The number of anilines is 1. The number of carbonyl (C=O) groups is 2. The Balaban J connectivity index is 2.79. The number of amides is 1. The van der Waals surface area contributed by atoms with Gasteiger partial charge in [0.05, 0.1) is 5.69 Å². The van der Waals surface area contributed by atoms with Crippen molar-refractivity contribution in [3.63, 3.8) is 0 Å². The molecule has 0 aliphatic rings. The van der Waals surface area contributed by atoms with Crippen LogP contribution in [0.2, 0.25) is 0 Å². The molecule has 0 bridgehead atoms. The summed E-state index contributed by atoms with van der Waals surface area (Å²) in [7, 11) is 4.34. The van der Waals surface area contributed by atoms with E-state index in [1.807, 2.05) is 13.0 Å². The van der Waals surface area contributed by atoms with Crippen molar-refractivity contribution in [1.82, 2.24) is 5.32 Å². The number of hydrogen-bond donors (Lipinski definition) is 2. The highest BCUT2D eigenvalue weighted by Crippen LogP contribution is 2.25. The Kier molecular flexibility index (Phi) is 6.32. The summed E-state index contributed by atoms with van der Waals surface area (Å²) in [6, 6.07) is 5.33. The van der Waals surface area contributed by atoms with Gasteiger partial charge in [0.15, 0.2) is 5.75 Å². The molecule has 0 aliphatic carbocycles. The van der Waals surface area contributed by atoms with Crippen molar-refractivity contribution in [3.05, 3.63) is 35.9 Å². The Morgan fingerprint density at radius 2 is 2.05 bits per heavy atom. The van der Waals surface area contributed by atoms with Crippen molar-refractivity contribution in [2.75, 3.05) is 19.4 Å². The Labute approximate surface area is 118 Å². The van der Waals surface area contributed by atoms with E-state index in [9.17, 15) is 9.59 Å². The quantitative estimate of drug-likeness (QED) is 0.347. The van der Waals surface area contributed by atoms with Crippen LogP contribution in [-0.2, 0) is 14.2 Å². The fourth-order valence-electron chi connectivity index (χ4n) is 1.33. The van der Waals surface area contributed by atoms with Crippen molar-refractivity contribution < 1.29 is 19.0 Å². The molecule has 0 aliphatic heterocycles. The highest BCUT2D eigenvalue weighted by Gasteiger charge is 2.08. The normalized spacial score (nSPS) is 10.2. The minimum Gasteiger partial charge on any atom is -0.422 e. The van der Waals surface area contributed by atoms with Crippen LogP contribution in [0.3, 0.4) is 0 Å². The second kappa shape index (κ2) is 8.01. The number of likely N-dealkylation sites (N-methyl/N-ethyl adjacent to an activating group) is 1. The number of hydrogen-bond acceptors (Lipinski definition) is 5. The standard InChI is InChI=1S/C13H16BN2O4/c1-9-4-5-10(16-14-19-3)11(8-9)20-13(18)7-6-12(17)15-2/h4-8,16H,1-3H3,(H,15,17)/b7-6+. The zero-order valence-corrected chi connectivity index (χ0v) is 11.6. The van der Waals surface area contributed by atoms with Gasteiger partial charge in [-0.05, 0) is 24.6 Å². The Bertz CT molecular complexity index is 517. The molecule has 0 saturated carbocycles. The minimum absolute atomic E-state index is 0.352. The molecule has 0 spiro atoms. The molecule has 105 valence electrons. The van der Waals surface area contributed by atoms with Crippen molar-refractivity contribution >= 4 is 25.2 Å². The number of carbonyl (C=O) groups excluding carboxylic acids is 2. The Morgan fingerprint density at radius 1 is 1.30 bits per heavy atom. The van der Waals surface area contributed by atoms with Crippen LogP contribution in [0.5, 0.6) is 5.75 Å². The second-order valence-corrected chi connectivity index (χ2v) is 3.87. The first-order chi connectivity index (χ1) is 9.56. The van der Waals surface area contributed by atoms with E-state index in [4.69, 9.17) is 9.39 Å². The van der Waals surface area contributed by atoms with Crippen LogP contribution in [-0.4, -0.2) is 33.7 Å². The third-order valence-corrected chi connectivity index (χ3v) is 2.30. The molecule has 0 saturated heterocycles. The second-order valence-electron chi connectivity index (χ2n) is 3.87. The average molecular weight is 275 g/mol. The molecule has 1 aromatic carbocycles. The first-order valence-corrected chi connectivity index (χ1v) is 5.90. The minimum atomic E-state index is -0.639. The maximum Gasteiger partial charge on any atom is 0.436 e. The molecular formula is C13H16BN2O4. The summed E-state index contributed by atoms with van der Waals surface area (Å²) in [5.41, 5.74) is 1.52. The molecule has 0 atom stereocenters. The molecule has 0 unspecified atom stereocenters. The molecular weight excluding hydrogens is 259 g/mol. The number of esters is 1. The molecule has 7 heteroatoms. The topological polar surface area (TPSA) is 76.7 Å². The molecule has 0 aromatic heterocycles. The maximum atomic E-state index is 11.6. The third-order valence-electron chi connectivity index (χ3n) is 2.30. The van der Waals surface area contributed by atoms with Crippen molar-refractivity contribution in [2.45, 2.75) is 6.92 Å². The zero-order chi connectivity index (χ0) is 15.0. The van der Waals surface area contributed by atoms with Crippen LogP contribution < -0.4 is 15.3 Å². The summed E-state index contributed by atoms with van der Waals surface area (Å²) >= 11 is 0. The molecule has 1 radical (unpaired) electrons. The van der Waals surface area contributed by atoms with E-state index in [0.29, 0.717) is 11.4 Å². The van der Waals surface area contributed by atoms with Crippen LogP contribution in [0.15, 0.2) is 30.4 Å². The monoisotopic (exact) mass is 275 g/mol. The predicted molar refractivity (Wildman–Crippen MR) is 76.4 cm³/mol. The largest absolute Gasteiger partial charge is 0.436 e. The fraction of sp³-hybridized carbons (Fsp3) is 0.231. The van der Waals surface area contributed by atoms with E-state index in [1.165, 1.54) is 21.8 Å². The Morgan fingerprint density at radius 3 is 2.70 bits per heavy atom. The molecule has 0 fully saturated rings. The van der Waals surface area contributed by atoms with Gasteiger partial charge in [-0.2, -0.15) is 0 Å². The van der Waals surface area contributed by atoms with Gasteiger partial charge >= 0.3 is 13.6 Å². The lowest BCUT2D eigenvalue weighted by molar-refractivity contribution is -0.129. The van der Waals surface area contributed by atoms with Gasteiger partial charge < -0.3 is 19.9 Å². The van der Waals surface area contributed by atoms with Crippen LogP contribution in [0, 0.1) is 6.92 Å². The summed E-state index contributed by atoms with van der Waals surface area (Å²) in [5, 5.41) is 5.21. The van der Waals surface area contributed by atoms with E-state index < -0.39 is 5.97 Å². The van der Waals surface area contributed by atoms with Crippen LogP contribution in [0.1, 0.15) is 5.56 Å². The van der Waals surface area contributed by atoms with Gasteiger partial charge in [-0.25, -0.2) is 4.79 Å². The lowest BCUT2D eigenvalue weighted by Crippen LogP contribution is -2.16. The molecule has 20 heavy (non-hydrogen) atoms. The summed E-state index contributed by atoms with van der Waals surface area (Å²) in [6.45, 7) is 1.88. The fourth-order valence-corrected chi connectivity index (χ4v) is 1.33. The molecule has 1 aromatic rings. The van der Waals surface area contributed by atoms with Gasteiger partial charge in [0.2, 0.25) is 5.91 Å². The van der Waals surface area contributed by atoms with Crippen molar-refractivity contribution in [3.8, 4) is 5.75 Å². The van der Waals surface area contributed by atoms with Crippen molar-refractivity contribution in [2.24, 2.45) is 0 Å². The van der Waals surface area contributed by atoms with E-state index in [1.54, 1.807) is 12.1 Å². The predicted octanol–water partition coefficient (Wildman–Crippen LogP) is 0.795. The van der Waals surface area contributed by atoms with Crippen LogP contribution in [0.25, 0.3) is 0 Å².